The highest BCUT2D eigenvalue weighted by Gasteiger charge is 2.24. The first kappa shape index (κ1) is 12.9. The number of carboxylic acid groups (broad SMARTS) is 1. The van der Waals surface area contributed by atoms with Crippen LogP contribution in [0.15, 0.2) is 12.4 Å². The van der Waals surface area contributed by atoms with Gasteiger partial charge >= 0.3 is 5.97 Å². The van der Waals surface area contributed by atoms with Gasteiger partial charge in [0.25, 0.3) is 0 Å². The first-order chi connectivity index (χ1) is 8.58. The highest BCUT2D eigenvalue weighted by atomic mass is 16.4. The molecule has 1 atom stereocenters. The minimum Gasteiger partial charge on any atom is -0.478 e. The van der Waals surface area contributed by atoms with Gasteiger partial charge in [-0.15, -0.1) is 0 Å². The van der Waals surface area contributed by atoms with Crippen LogP contribution in [0.4, 0.5) is 0 Å². The summed E-state index contributed by atoms with van der Waals surface area (Å²) < 4.78 is 0. The van der Waals surface area contributed by atoms with Gasteiger partial charge in [-0.1, -0.05) is 0 Å². The quantitative estimate of drug-likeness (QED) is 0.823. The first-order valence-electron chi connectivity index (χ1n) is 6.02. The molecule has 0 aliphatic carbocycles. The van der Waals surface area contributed by atoms with Crippen molar-refractivity contribution in [3.63, 3.8) is 0 Å². The highest BCUT2D eigenvalue weighted by molar-refractivity contribution is 5.86. The van der Waals surface area contributed by atoms with Gasteiger partial charge in [0.05, 0.1) is 11.6 Å². The summed E-state index contributed by atoms with van der Waals surface area (Å²) in [5.74, 6) is -0.302. The Balaban J connectivity index is 2.20. The van der Waals surface area contributed by atoms with Crippen LogP contribution in [-0.2, 0) is 0 Å². The SMILES string of the molecule is CN1CCCN(C)C(c2ncc(C(=O)O)cn2)C1. The van der Waals surface area contributed by atoms with Crippen molar-refractivity contribution in [2.24, 2.45) is 0 Å². The van der Waals surface area contributed by atoms with Crippen molar-refractivity contribution >= 4 is 5.97 Å². The molecular formula is C12H18N4O2. The number of hydrogen-bond acceptors (Lipinski definition) is 5. The number of rotatable bonds is 2. The average Bonchev–Trinajstić information content (AvgIpc) is 2.51. The second-order valence-electron chi connectivity index (χ2n) is 4.75. The van der Waals surface area contributed by atoms with E-state index < -0.39 is 5.97 Å². The normalized spacial score (nSPS) is 22.7. The van der Waals surface area contributed by atoms with Crippen LogP contribution < -0.4 is 0 Å². The van der Waals surface area contributed by atoms with Gasteiger partial charge in [0.1, 0.15) is 5.82 Å². The van der Waals surface area contributed by atoms with Crippen LogP contribution in [0.2, 0.25) is 0 Å². The Morgan fingerprint density at radius 3 is 2.61 bits per heavy atom. The summed E-state index contributed by atoms with van der Waals surface area (Å²) in [6.07, 6.45) is 3.88. The van der Waals surface area contributed by atoms with Crippen LogP contribution in [0.25, 0.3) is 0 Å². The van der Waals surface area contributed by atoms with Crippen LogP contribution in [0.5, 0.6) is 0 Å². The number of hydrogen-bond donors (Lipinski definition) is 1. The predicted octanol–water partition coefficient (Wildman–Crippen LogP) is 0.483. The Labute approximate surface area is 106 Å². The minimum atomic E-state index is -0.993. The van der Waals surface area contributed by atoms with Gasteiger partial charge in [0.15, 0.2) is 0 Å². The van der Waals surface area contributed by atoms with E-state index in [1.165, 1.54) is 12.4 Å². The molecule has 0 aromatic carbocycles. The van der Waals surface area contributed by atoms with Crippen LogP contribution in [0.1, 0.15) is 28.6 Å². The molecule has 0 amide bonds. The number of nitrogens with zero attached hydrogens (tertiary/aromatic N) is 4. The molecule has 98 valence electrons. The van der Waals surface area contributed by atoms with Crippen LogP contribution in [-0.4, -0.2) is 64.6 Å². The van der Waals surface area contributed by atoms with Crippen molar-refractivity contribution in [3.05, 3.63) is 23.8 Å². The first-order valence-corrected chi connectivity index (χ1v) is 6.02. The lowest BCUT2D eigenvalue weighted by Gasteiger charge is -2.25. The molecule has 1 fully saturated rings. The van der Waals surface area contributed by atoms with Crippen molar-refractivity contribution in [1.29, 1.82) is 0 Å². The monoisotopic (exact) mass is 250 g/mol. The fourth-order valence-corrected chi connectivity index (χ4v) is 2.17. The van der Waals surface area contributed by atoms with Crippen LogP contribution >= 0.6 is 0 Å². The Morgan fingerprint density at radius 2 is 2.00 bits per heavy atom. The second kappa shape index (κ2) is 5.41. The molecule has 1 unspecified atom stereocenters. The lowest BCUT2D eigenvalue weighted by Crippen LogP contribution is -2.31. The standard InChI is InChI=1S/C12H18N4O2/c1-15-4-3-5-16(2)10(8-15)11-13-6-9(7-14-11)12(17)18/h6-7,10H,3-5,8H2,1-2H3,(H,17,18). The fourth-order valence-electron chi connectivity index (χ4n) is 2.17. The zero-order valence-electron chi connectivity index (χ0n) is 10.7. The molecule has 1 aromatic heterocycles. The van der Waals surface area contributed by atoms with Crippen molar-refractivity contribution in [1.82, 2.24) is 19.8 Å². The van der Waals surface area contributed by atoms with Crippen LogP contribution in [0.3, 0.4) is 0 Å². The lowest BCUT2D eigenvalue weighted by atomic mass is 10.2. The molecule has 1 aromatic rings. The summed E-state index contributed by atoms with van der Waals surface area (Å²) in [5, 5.41) is 8.83. The maximum atomic E-state index is 10.8. The third kappa shape index (κ3) is 2.83. The summed E-state index contributed by atoms with van der Waals surface area (Å²) in [7, 11) is 4.13. The van der Waals surface area contributed by atoms with Crippen molar-refractivity contribution in [2.45, 2.75) is 12.5 Å². The molecule has 2 rings (SSSR count). The van der Waals surface area contributed by atoms with E-state index in [-0.39, 0.29) is 11.6 Å². The fraction of sp³-hybridized carbons (Fsp3) is 0.583. The zero-order valence-corrected chi connectivity index (χ0v) is 10.7. The summed E-state index contributed by atoms with van der Waals surface area (Å²) in [6.45, 7) is 2.93. The Morgan fingerprint density at radius 1 is 1.33 bits per heavy atom. The third-order valence-electron chi connectivity index (χ3n) is 3.28. The van der Waals surface area contributed by atoms with Crippen molar-refractivity contribution in [3.8, 4) is 0 Å². The molecule has 1 saturated heterocycles. The molecule has 0 radical (unpaired) electrons. The van der Waals surface area contributed by atoms with Gasteiger partial charge in [-0.2, -0.15) is 0 Å². The molecule has 1 aliphatic heterocycles. The van der Waals surface area contributed by atoms with Crippen molar-refractivity contribution in [2.75, 3.05) is 33.7 Å². The van der Waals surface area contributed by atoms with E-state index in [0.29, 0.717) is 5.82 Å². The molecule has 0 bridgehead atoms. The van der Waals surface area contributed by atoms with Gasteiger partial charge in [-0.05, 0) is 33.6 Å². The summed E-state index contributed by atoms with van der Waals surface area (Å²) in [5.41, 5.74) is 0.128. The number of aromatic carboxylic acids is 1. The number of aromatic nitrogens is 2. The maximum absolute atomic E-state index is 10.8. The molecule has 18 heavy (non-hydrogen) atoms. The van der Waals surface area contributed by atoms with Gasteiger partial charge in [-0.3, -0.25) is 4.90 Å². The highest BCUT2D eigenvalue weighted by Crippen LogP contribution is 2.19. The lowest BCUT2D eigenvalue weighted by molar-refractivity contribution is 0.0695. The van der Waals surface area contributed by atoms with Gasteiger partial charge in [0.2, 0.25) is 0 Å². The summed E-state index contributed by atoms with van der Waals surface area (Å²) in [4.78, 5) is 23.6. The van der Waals surface area contributed by atoms with Gasteiger partial charge in [0, 0.05) is 18.9 Å². The van der Waals surface area contributed by atoms with E-state index in [1.54, 1.807) is 0 Å². The van der Waals surface area contributed by atoms with Gasteiger partial charge < -0.3 is 10.0 Å². The molecule has 0 saturated carbocycles. The number of likely N-dealkylation sites (N-methyl/N-ethyl adjacent to an activating group) is 2. The molecular weight excluding hydrogens is 232 g/mol. The smallest absolute Gasteiger partial charge is 0.338 e. The van der Waals surface area contributed by atoms with Crippen LogP contribution in [0, 0.1) is 0 Å². The second-order valence-corrected chi connectivity index (χ2v) is 4.75. The van der Waals surface area contributed by atoms with E-state index >= 15 is 0 Å². The third-order valence-corrected chi connectivity index (χ3v) is 3.28. The minimum absolute atomic E-state index is 0.125. The van der Waals surface area contributed by atoms with E-state index in [4.69, 9.17) is 5.11 Å². The molecule has 1 N–H and O–H groups in total. The van der Waals surface area contributed by atoms with E-state index in [0.717, 1.165) is 26.1 Å². The van der Waals surface area contributed by atoms with Gasteiger partial charge in [-0.25, -0.2) is 14.8 Å². The molecule has 1 aliphatic rings. The predicted molar refractivity (Wildman–Crippen MR) is 66.5 cm³/mol. The molecule has 2 heterocycles. The Kier molecular flexibility index (Phi) is 3.88. The largest absolute Gasteiger partial charge is 0.478 e. The average molecular weight is 250 g/mol. The van der Waals surface area contributed by atoms with E-state index in [1.807, 2.05) is 0 Å². The molecule has 0 spiro atoms. The van der Waals surface area contributed by atoms with E-state index in [2.05, 4.69) is 33.9 Å². The van der Waals surface area contributed by atoms with Crippen molar-refractivity contribution < 1.29 is 9.90 Å². The number of carbonyl (C=O) groups is 1. The molecule has 6 nitrogen and oxygen atoms in total. The summed E-state index contributed by atoms with van der Waals surface area (Å²) >= 11 is 0. The Hall–Kier alpha value is -1.53. The number of carboxylic acids is 1. The van der Waals surface area contributed by atoms with E-state index in [9.17, 15) is 4.79 Å². The molecule has 6 heteroatoms. The maximum Gasteiger partial charge on any atom is 0.338 e. The Bertz CT molecular complexity index is 421. The summed E-state index contributed by atoms with van der Waals surface area (Å²) in [6, 6.07) is 0.125. The zero-order chi connectivity index (χ0) is 13.1. The topological polar surface area (TPSA) is 69.6 Å².